The monoisotopic (exact) mass is 379 g/mol. The highest BCUT2D eigenvalue weighted by Crippen LogP contribution is 2.17. The van der Waals surface area contributed by atoms with Crippen LogP contribution in [0.15, 0.2) is 42.5 Å². The second kappa shape index (κ2) is 12.3. The van der Waals surface area contributed by atoms with Crippen LogP contribution in [-0.2, 0) is 11.2 Å². The molecule has 2 aromatic carbocycles. The normalized spacial score (nSPS) is 9.54. The predicted molar refractivity (Wildman–Crippen MR) is 115 cm³/mol. The zero-order chi connectivity index (χ0) is 20.9. The summed E-state index contributed by atoms with van der Waals surface area (Å²) in [7, 11) is 0. The number of aryl methyl sites for hydroxylation is 2. The number of amides is 2. The summed E-state index contributed by atoms with van der Waals surface area (Å²) >= 11 is 0. The molecular weight excluding hydrogens is 350 g/mol. The number of hydrogen-bond donors (Lipinski definition) is 2. The summed E-state index contributed by atoms with van der Waals surface area (Å²) in [6.45, 7) is 7.82. The van der Waals surface area contributed by atoms with Gasteiger partial charge in [-0.25, -0.2) is 4.79 Å². The minimum Gasteiger partial charge on any atom is -0.308 e. The molecule has 2 rings (SSSR count). The highest BCUT2D eigenvalue weighted by Gasteiger charge is 2.05. The maximum atomic E-state index is 12.0. The van der Waals surface area contributed by atoms with Gasteiger partial charge in [0.05, 0.1) is 11.6 Å². The molecule has 28 heavy (non-hydrogen) atoms. The van der Waals surface area contributed by atoms with Crippen LogP contribution in [0.4, 0.5) is 16.2 Å². The number of Topliss-reactive ketones (excluding diaryl/α,β-unsaturated/α-hetero) is 1. The Kier molecular flexibility index (Phi) is 10.1. The molecule has 2 amide bonds. The van der Waals surface area contributed by atoms with E-state index in [1.807, 2.05) is 25.1 Å². The van der Waals surface area contributed by atoms with E-state index in [2.05, 4.69) is 30.5 Å². The number of nitrogens with zero attached hydrogens (tertiary/aromatic N) is 1. The molecule has 0 aliphatic carbocycles. The molecule has 0 spiro atoms. The molecule has 5 heteroatoms. The molecule has 0 heterocycles. The van der Waals surface area contributed by atoms with Crippen LogP contribution in [-0.4, -0.2) is 11.8 Å². The molecule has 0 radical (unpaired) electrons. The van der Waals surface area contributed by atoms with Crippen molar-refractivity contribution < 1.29 is 9.59 Å². The van der Waals surface area contributed by atoms with Crippen LogP contribution >= 0.6 is 0 Å². The summed E-state index contributed by atoms with van der Waals surface area (Å²) in [6, 6.07) is 14.4. The Labute approximate surface area is 167 Å². The van der Waals surface area contributed by atoms with Gasteiger partial charge in [0.1, 0.15) is 5.78 Å². The van der Waals surface area contributed by atoms with Gasteiger partial charge in [-0.3, -0.25) is 0 Å². The van der Waals surface area contributed by atoms with Crippen molar-refractivity contribution in [2.24, 2.45) is 0 Å². The van der Waals surface area contributed by atoms with Gasteiger partial charge in [0.15, 0.2) is 0 Å². The smallest absolute Gasteiger partial charge is 0.308 e. The first kappa shape index (κ1) is 22.9. The maximum Gasteiger partial charge on any atom is 0.323 e. The summed E-state index contributed by atoms with van der Waals surface area (Å²) in [5.74, 6) is 0.289. The topological polar surface area (TPSA) is 82.0 Å². The fraction of sp³-hybridized carbons (Fsp3) is 0.348. The second-order valence-corrected chi connectivity index (χ2v) is 6.61. The lowest BCUT2D eigenvalue weighted by molar-refractivity contribution is -0.117. The van der Waals surface area contributed by atoms with Crippen molar-refractivity contribution in [1.82, 2.24) is 0 Å². The van der Waals surface area contributed by atoms with Gasteiger partial charge in [-0.1, -0.05) is 26.3 Å². The van der Waals surface area contributed by atoms with Crippen LogP contribution < -0.4 is 10.6 Å². The van der Waals surface area contributed by atoms with Gasteiger partial charge in [0.25, 0.3) is 0 Å². The van der Waals surface area contributed by atoms with Crippen molar-refractivity contribution >= 4 is 23.2 Å². The minimum absolute atomic E-state index is 0.289. The predicted octanol–water partition coefficient (Wildman–Crippen LogP) is 5.84. The van der Waals surface area contributed by atoms with Crippen LogP contribution in [0.3, 0.4) is 0 Å². The first-order chi connectivity index (χ1) is 13.4. The molecule has 0 aromatic heterocycles. The van der Waals surface area contributed by atoms with Crippen LogP contribution in [0.2, 0.25) is 0 Å². The average molecular weight is 380 g/mol. The number of ketones is 1. The Morgan fingerprint density at radius 3 is 2.04 bits per heavy atom. The van der Waals surface area contributed by atoms with Gasteiger partial charge in [-0.05, 0) is 74.2 Å². The maximum absolute atomic E-state index is 12.0. The van der Waals surface area contributed by atoms with Crippen LogP contribution in [0, 0.1) is 18.3 Å². The summed E-state index contributed by atoms with van der Waals surface area (Å²) in [6.07, 6.45) is 3.87. The molecule has 0 fully saturated rings. The first-order valence-electron chi connectivity index (χ1n) is 9.56. The van der Waals surface area contributed by atoms with Gasteiger partial charge in [-0.15, -0.1) is 0 Å². The van der Waals surface area contributed by atoms with Gasteiger partial charge < -0.3 is 15.4 Å². The fourth-order valence-electron chi connectivity index (χ4n) is 2.60. The molecule has 148 valence electrons. The Hall–Kier alpha value is -3.13. The number of nitriles is 1. The van der Waals surface area contributed by atoms with Crippen LogP contribution in [0.5, 0.6) is 0 Å². The Morgan fingerprint density at radius 1 is 0.964 bits per heavy atom. The molecule has 0 saturated heterocycles. The molecule has 5 nitrogen and oxygen atoms in total. The Bertz CT molecular complexity index is 821. The molecule has 0 aliphatic rings. The van der Waals surface area contributed by atoms with Gasteiger partial charge >= 0.3 is 6.03 Å². The standard InChI is InChI=1S/C18H19N3O.C5H10O/c1-3-4-15-7-10-17(11-13(15)2)21-18(22)20-16-8-5-14(12-19)6-9-16;1-3-4-5(2)6/h5-11H,3-4H2,1-2H3,(H2,20,21,22);3-4H2,1-2H3. The second-order valence-electron chi connectivity index (χ2n) is 6.61. The number of benzene rings is 2. The molecule has 0 bridgehead atoms. The third-order valence-electron chi connectivity index (χ3n) is 3.99. The van der Waals surface area contributed by atoms with Gasteiger partial charge in [0.2, 0.25) is 0 Å². The van der Waals surface area contributed by atoms with Gasteiger partial charge in [-0.2, -0.15) is 5.26 Å². The number of carbonyl (C=O) groups is 2. The van der Waals surface area contributed by atoms with Gasteiger partial charge in [0, 0.05) is 17.8 Å². The molecule has 0 aliphatic heterocycles. The van der Waals surface area contributed by atoms with E-state index in [1.165, 1.54) is 11.1 Å². The lowest BCUT2D eigenvalue weighted by Crippen LogP contribution is -2.19. The zero-order valence-corrected chi connectivity index (χ0v) is 17.1. The van der Waals surface area contributed by atoms with E-state index in [1.54, 1.807) is 31.2 Å². The van der Waals surface area contributed by atoms with E-state index in [0.717, 1.165) is 31.4 Å². The molecule has 0 unspecified atom stereocenters. The van der Waals surface area contributed by atoms with Crippen molar-refractivity contribution in [2.75, 3.05) is 10.6 Å². The summed E-state index contributed by atoms with van der Waals surface area (Å²) < 4.78 is 0. The zero-order valence-electron chi connectivity index (χ0n) is 17.1. The number of nitrogens with one attached hydrogen (secondary N) is 2. The number of urea groups is 1. The molecular formula is C23H29N3O2. The molecule has 2 N–H and O–H groups in total. The van der Waals surface area contributed by atoms with Crippen molar-refractivity contribution in [3.05, 3.63) is 59.2 Å². The Balaban J connectivity index is 0.000000568. The molecule has 0 saturated carbocycles. The Morgan fingerprint density at radius 2 is 1.57 bits per heavy atom. The highest BCUT2D eigenvalue weighted by atomic mass is 16.2. The SMILES string of the molecule is CCCC(C)=O.CCCc1ccc(NC(=O)Nc2ccc(C#N)cc2)cc1C. The lowest BCUT2D eigenvalue weighted by Gasteiger charge is -2.10. The van der Waals surface area contributed by atoms with E-state index < -0.39 is 0 Å². The van der Waals surface area contributed by atoms with Crippen molar-refractivity contribution in [3.8, 4) is 6.07 Å². The van der Waals surface area contributed by atoms with E-state index in [9.17, 15) is 9.59 Å². The van der Waals surface area contributed by atoms with Crippen LogP contribution in [0.25, 0.3) is 0 Å². The van der Waals surface area contributed by atoms with Crippen molar-refractivity contribution in [2.45, 2.75) is 53.4 Å². The number of hydrogen-bond acceptors (Lipinski definition) is 3. The van der Waals surface area contributed by atoms with E-state index in [-0.39, 0.29) is 11.8 Å². The lowest BCUT2D eigenvalue weighted by atomic mass is 10.0. The third-order valence-corrected chi connectivity index (χ3v) is 3.99. The first-order valence-corrected chi connectivity index (χ1v) is 9.56. The van der Waals surface area contributed by atoms with E-state index >= 15 is 0 Å². The summed E-state index contributed by atoms with van der Waals surface area (Å²) in [5, 5.41) is 14.3. The number of rotatable bonds is 6. The van der Waals surface area contributed by atoms with Crippen molar-refractivity contribution in [1.29, 1.82) is 5.26 Å². The average Bonchev–Trinajstić information content (AvgIpc) is 2.65. The minimum atomic E-state index is -0.299. The van der Waals surface area contributed by atoms with E-state index in [4.69, 9.17) is 5.26 Å². The number of carbonyl (C=O) groups excluding carboxylic acids is 2. The van der Waals surface area contributed by atoms with Crippen molar-refractivity contribution in [3.63, 3.8) is 0 Å². The third kappa shape index (κ3) is 8.50. The molecule has 0 atom stereocenters. The van der Waals surface area contributed by atoms with Crippen LogP contribution in [0.1, 0.15) is 56.7 Å². The highest BCUT2D eigenvalue weighted by molar-refractivity contribution is 5.99. The summed E-state index contributed by atoms with van der Waals surface area (Å²) in [4.78, 5) is 22.0. The fourth-order valence-corrected chi connectivity index (χ4v) is 2.60. The largest absolute Gasteiger partial charge is 0.323 e. The number of anilines is 2. The molecule has 2 aromatic rings. The quantitative estimate of drug-likeness (QED) is 0.661. The van der Waals surface area contributed by atoms with E-state index in [0.29, 0.717) is 11.3 Å². The summed E-state index contributed by atoms with van der Waals surface area (Å²) in [5.41, 5.74) is 4.46.